The van der Waals surface area contributed by atoms with Crippen molar-refractivity contribution in [1.29, 1.82) is 0 Å². The maximum atomic E-state index is 9.29. The molecule has 0 aliphatic heterocycles. The molecule has 96 valence electrons. The molecule has 0 saturated carbocycles. The average Bonchev–Trinajstić information content (AvgIpc) is 2.38. The van der Waals surface area contributed by atoms with Crippen molar-refractivity contribution in [3.63, 3.8) is 0 Å². The molecule has 2 rings (SSSR count). The third-order valence-electron chi connectivity index (χ3n) is 2.69. The Kier molecular flexibility index (Phi) is 3.65. The van der Waals surface area contributed by atoms with Gasteiger partial charge in [0.1, 0.15) is 5.82 Å². The topological polar surface area (TPSA) is 78.3 Å². The Bertz CT molecular complexity index is 558. The number of hydrogen-bond acceptors (Lipinski definition) is 5. The molecule has 0 spiro atoms. The van der Waals surface area contributed by atoms with E-state index in [2.05, 4.69) is 15.3 Å². The summed E-state index contributed by atoms with van der Waals surface area (Å²) in [6, 6.07) is 7.39. The molecule has 0 aliphatic rings. The minimum absolute atomic E-state index is 0.120. The second-order valence-corrected chi connectivity index (χ2v) is 4.70. The molecule has 6 heteroatoms. The van der Waals surface area contributed by atoms with Crippen molar-refractivity contribution in [2.24, 2.45) is 0 Å². The molecule has 0 aliphatic carbocycles. The zero-order valence-corrected chi connectivity index (χ0v) is 10.6. The Hall–Kier alpha value is -1.43. The summed E-state index contributed by atoms with van der Waals surface area (Å²) >= 11 is 5.85. The maximum absolute atomic E-state index is 9.29. The van der Waals surface area contributed by atoms with E-state index in [1.54, 1.807) is 6.92 Å². The summed E-state index contributed by atoms with van der Waals surface area (Å²) in [6.45, 7) is 1.25. The van der Waals surface area contributed by atoms with Crippen LogP contribution in [0.2, 0.25) is 5.28 Å². The normalized spacial score (nSPS) is 11.8. The van der Waals surface area contributed by atoms with E-state index in [0.717, 1.165) is 5.39 Å². The van der Waals surface area contributed by atoms with Crippen molar-refractivity contribution in [1.82, 2.24) is 9.97 Å². The lowest BCUT2D eigenvalue weighted by molar-refractivity contribution is 0.147. The van der Waals surface area contributed by atoms with Crippen LogP contribution in [0.5, 0.6) is 0 Å². The smallest absolute Gasteiger partial charge is 0.224 e. The molecule has 1 heterocycles. The highest BCUT2D eigenvalue weighted by atomic mass is 35.5. The zero-order chi connectivity index (χ0) is 13.2. The van der Waals surface area contributed by atoms with Gasteiger partial charge in [0.15, 0.2) is 0 Å². The van der Waals surface area contributed by atoms with Crippen molar-refractivity contribution in [3.05, 3.63) is 29.5 Å². The average molecular weight is 268 g/mol. The van der Waals surface area contributed by atoms with Gasteiger partial charge in [0.05, 0.1) is 24.3 Å². The lowest BCUT2D eigenvalue weighted by atomic mass is 10.1. The van der Waals surface area contributed by atoms with Gasteiger partial charge in [0.25, 0.3) is 0 Å². The monoisotopic (exact) mass is 267 g/mol. The number of nitrogens with one attached hydrogen (secondary N) is 1. The van der Waals surface area contributed by atoms with Crippen molar-refractivity contribution in [2.75, 3.05) is 18.5 Å². The summed E-state index contributed by atoms with van der Waals surface area (Å²) in [7, 11) is 0. The molecule has 18 heavy (non-hydrogen) atoms. The lowest BCUT2D eigenvalue weighted by Gasteiger charge is -2.27. The van der Waals surface area contributed by atoms with Crippen LogP contribution >= 0.6 is 11.6 Å². The minimum atomic E-state index is -0.861. The number of fused-ring (bicyclic) bond motifs is 1. The largest absolute Gasteiger partial charge is 0.394 e. The number of halogens is 1. The number of anilines is 1. The Morgan fingerprint density at radius 3 is 2.56 bits per heavy atom. The van der Waals surface area contributed by atoms with Gasteiger partial charge >= 0.3 is 0 Å². The molecular formula is C12H14ClN3O2. The summed E-state index contributed by atoms with van der Waals surface area (Å²) in [5.41, 5.74) is -0.154. The van der Waals surface area contributed by atoms with Gasteiger partial charge in [-0.15, -0.1) is 0 Å². The fraction of sp³-hybridized carbons (Fsp3) is 0.333. The van der Waals surface area contributed by atoms with Crippen LogP contribution in [0.25, 0.3) is 10.9 Å². The molecule has 0 atom stereocenters. The van der Waals surface area contributed by atoms with Gasteiger partial charge < -0.3 is 15.5 Å². The molecule has 0 fully saturated rings. The van der Waals surface area contributed by atoms with Crippen molar-refractivity contribution >= 4 is 28.3 Å². The van der Waals surface area contributed by atoms with E-state index in [0.29, 0.717) is 11.3 Å². The van der Waals surface area contributed by atoms with Gasteiger partial charge in [-0.05, 0) is 30.7 Å². The number of aromatic nitrogens is 2. The Labute approximate surface area is 109 Å². The van der Waals surface area contributed by atoms with E-state index in [9.17, 15) is 10.2 Å². The Morgan fingerprint density at radius 2 is 1.89 bits per heavy atom. The summed E-state index contributed by atoms with van der Waals surface area (Å²) in [5, 5.41) is 22.5. The van der Waals surface area contributed by atoms with Crippen LogP contribution in [0.4, 0.5) is 5.82 Å². The minimum Gasteiger partial charge on any atom is -0.394 e. The van der Waals surface area contributed by atoms with Crippen LogP contribution < -0.4 is 5.32 Å². The fourth-order valence-electron chi connectivity index (χ4n) is 1.56. The first-order chi connectivity index (χ1) is 8.58. The van der Waals surface area contributed by atoms with E-state index in [-0.39, 0.29) is 18.5 Å². The van der Waals surface area contributed by atoms with Crippen LogP contribution in [0.3, 0.4) is 0 Å². The number of nitrogens with zero attached hydrogens (tertiary/aromatic N) is 2. The second-order valence-electron chi connectivity index (χ2n) is 4.36. The number of aliphatic hydroxyl groups excluding tert-OH is 2. The molecule has 0 unspecified atom stereocenters. The van der Waals surface area contributed by atoms with Crippen molar-refractivity contribution < 1.29 is 10.2 Å². The summed E-state index contributed by atoms with van der Waals surface area (Å²) in [5.74, 6) is 0.496. The number of hydrogen-bond donors (Lipinski definition) is 3. The van der Waals surface area contributed by atoms with E-state index in [4.69, 9.17) is 11.6 Å². The standard InChI is InChI=1S/C12H14ClN3O2/c1-12(6-17,7-18)16-10-8-4-2-3-5-9(8)14-11(13)15-10/h2-5,17-18H,6-7H2,1H3,(H,14,15,16). The van der Waals surface area contributed by atoms with Crippen LogP contribution in [-0.4, -0.2) is 38.9 Å². The van der Waals surface area contributed by atoms with Gasteiger partial charge in [0.2, 0.25) is 5.28 Å². The Balaban J connectivity index is 2.50. The van der Waals surface area contributed by atoms with Crippen LogP contribution in [0.1, 0.15) is 6.92 Å². The molecule has 2 aromatic rings. The van der Waals surface area contributed by atoms with Crippen molar-refractivity contribution in [2.45, 2.75) is 12.5 Å². The molecule has 3 N–H and O–H groups in total. The quantitative estimate of drug-likeness (QED) is 0.731. The Morgan fingerprint density at radius 1 is 1.22 bits per heavy atom. The second kappa shape index (κ2) is 5.06. The third kappa shape index (κ3) is 2.53. The first-order valence-electron chi connectivity index (χ1n) is 5.50. The molecule has 5 nitrogen and oxygen atoms in total. The lowest BCUT2D eigenvalue weighted by Crippen LogP contribution is -2.42. The fourth-order valence-corrected chi connectivity index (χ4v) is 1.73. The number of benzene rings is 1. The maximum Gasteiger partial charge on any atom is 0.224 e. The number of aliphatic hydroxyl groups is 2. The van der Waals surface area contributed by atoms with Crippen LogP contribution in [-0.2, 0) is 0 Å². The van der Waals surface area contributed by atoms with Gasteiger partial charge in [-0.3, -0.25) is 0 Å². The summed E-state index contributed by atoms with van der Waals surface area (Å²) < 4.78 is 0. The number of para-hydroxylation sites is 1. The molecule has 0 radical (unpaired) electrons. The van der Waals surface area contributed by atoms with E-state index in [1.165, 1.54) is 0 Å². The van der Waals surface area contributed by atoms with E-state index >= 15 is 0 Å². The van der Waals surface area contributed by atoms with Crippen LogP contribution in [0, 0.1) is 0 Å². The van der Waals surface area contributed by atoms with Crippen molar-refractivity contribution in [3.8, 4) is 0 Å². The first-order valence-corrected chi connectivity index (χ1v) is 5.88. The highest BCUT2D eigenvalue weighted by Crippen LogP contribution is 2.24. The predicted octanol–water partition coefficient (Wildman–Crippen LogP) is 1.44. The third-order valence-corrected chi connectivity index (χ3v) is 2.86. The molecule has 0 amide bonds. The molecule has 1 aromatic carbocycles. The van der Waals surface area contributed by atoms with Gasteiger partial charge in [-0.25, -0.2) is 9.97 Å². The summed E-state index contributed by atoms with van der Waals surface area (Å²) in [6.07, 6.45) is 0. The predicted molar refractivity (Wildman–Crippen MR) is 70.7 cm³/mol. The van der Waals surface area contributed by atoms with Crippen LogP contribution in [0.15, 0.2) is 24.3 Å². The van der Waals surface area contributed by atoms with E-state index in [1.807, 2.05) is 24.3 Å². The zero-order valence-electron chi connectivity index (χ0n) is 9.89. The van der Waals surface area contributed by atoms with Gasteiger partial charge in [-0.1, -0.05) is 12.1 Å². The summed E-state index contributed by atoms with van der Waals surface area (Å²) in [4.78, 5) is 8.21. The highest BCUT2D eigenvalue weighted by Gasteiger charge is 2.23. The van der Waals surface area contributed by atoms with Gasteiger partial charge in [-0.2, -0.15) is 0 Å². The van der Waals surface area contributed by atoms with Gasteiger partial charge in [0, 0.05) is 5.39 Å². The molecule has 0 saturated heterocycles. The molecule has 1 aromatic heterocycles. The number of rotatable bonds is 4. The van der Waals surface area contributed by atoms with E-state index < -0.39 is 5.54 Å². The highest BCUT2D eigenvalue weighted by molar-refractivity contribution is 6.28. The molecule has 0 bridgehead atoms. The SMILES string of the molecule is CC(CO)(CO)Nc1nc(Cl)nc2ccccc12. The molecular weight excluding hydrogens is 254 g/mol. The first kappa shape index (κ1) is 13.0.